The molecular formula is C18H20ClNO3. The maximum atomic E-state index is 12.7. The standard InChI is InChI=1S/C18H20ClNO3/c1-12-16(22-3)9-14(10-17(12)23-4)18(21)20(2)11-13-6-5-7-15(19)8-13/h5-10H,11H2,1-4H3. The van der Waals surface area contributed by atoms with Crippen molar-refractivity contribution in [1.29, 1.82) is 0 Å². The van der Waals surface area contributed by atoms with E-state index in [0.717, 1.165) is 11.1 Å². The molecule has 2 aromatic rings. The van der Waals surface area contributed by atoms with Crippen LogP contribution in [0.2, 0.25) is 5.02 Å². The number of benzene rings is 2. The minimum absolute atomic E-state index is 0.110. The zero-order chi connectivity index (χ0) is 17.0. The Morgan fingerprint density at radius 3 is 2.26 bits per heavy atom. The van der Waals surface area contributed by atoms with E-state index >= 15 is 0 Å². The van der Waals surface area contributed by atoms with E-state index in [2.05, 4.69) is 0 Å². The summed E-state index contributed by atoms with van der Waals surface area (Å²) in [6.07, 6.45) is 0. The number of ether oxygens (including phenoxy) is 2. The first-order valence-corrected chi connectivity index (χ1v) is 7.56. The molecule has 0 saturated carbocycles. The van der Waals surface area contributed by atoms with Gasteiger partial charge in [0.15, 0.2) is 0 Å². The van der Waals surface area contributed by atoms with Crippen molar-refractivity contribution in [3.8, 4) is 11.5 Å². The van der Waals surface area contributed by atoms with E-state index in [9.17, 15) is 4.79 Å². The van der Waals surface area contributed by atoms with E-state index in [-0.39, 0.29) is 5.91 Å². The van der Waals surface area contributed by atoms with Crippen molar-refractivity contribution in [1.82, 2.24) is 4.90 Å². The fourth-order valence-corrected chi connectivity index (χ4v) is 2.62. The maximum Gasteiger partial charge on any atom is 0.254 e. The molecule has 0 atom stereocenters. The molecule has 0 aliphatic rings. The first-order chi connectivity index (χ1) is 11.0. The van der Waals surface area contributed by atoms with E-state index in [1.165, 1.54) is 0 Å². The van der Waals surface area contributed by atoms with Gasteiger partial charge < -0.3 is 14.4 Å². The van der Waals surface area contributed by atoms with Crippen molar-refractivity contribution >= 4 is 17.5 Å². The molecule has 0 radical (unpaired) electrons. The average Bonchev–Trinajstić information content (AvgIpc) is 2.54. The number of hydrogen-bond donors (Lipinski definition) is 0. The lowest BCUT2D eigenvalue weighted by atomic mass is 10.1. The minimum atomic E-state index is -0.110. The fourth-order valence-electron chi connectivity index (χ4n) is 2.41. The normalized spacial score (nSPS) is 10.3. The highest BCUT2D eigenvalue weighted by Gasteiger charge is 2.17. The number of methoxy groups -OCH3 is 2. The first kappa shape index (κ1) is 17.2. The van der Waals surface area contributed by atoms with Gasteiger partial charge in [0.25, 0.3) is 5.91 Å². The van der Waals surface area contributed by atoms with Gasteiger partial charge in [-0.15, -0.1) is 0 Å². The number of rotatable bonds is 5. The Bertz CT molecular complexity index is 690. The highest BCUT2D eigenvalue weighted by molar-refractivity contribution is 6.30. The summed E-state index contributed by atoms with van der Waals surface area (Å²) in [5.74, 6) is 1.15. The number of amides is 1. The van der Waals surface area contributed by atoms with Crippen molar-refractivity contribution in [3.05, 3.63) is 58.1 Å². The number of halogens is 1. The van der Waals surface area contributed by atoms with Gasteiger partial charge in [-0.25, -0.2) is 0 Å². The van der Waals surface area contributed by atoms with E-state index < -0.39 is 0 Å². The second-order valence-corrected chi connectivity index (χ2v) is 5.73. The van der Waals surface area contributed by atoms with Crippen LogP contribution in [0.4, 0.5) is 0 Å². The van der Waals surface area contributed by atoms with Gasteiger partial charge in [-0.1, -0.05) is 23.7 Å². The second-order valence-electron chi connectivity index (χ2n) is 5.30. The molecule has 1 amide bonds. The highest BCUT2D eigenvalue weighted by atomic mass is 35.5. The van der Waals surface area contributed by atoms with Gasteiger partial charge in [-0.2, -0.15) is 0 Å². The molecule has 0 aliphatic heterocycles. The molecule has 0 spiro atoms. The zero-order valence-corrected chi connectivity index (χ0v) is 14.5. The van der Waals surface area contributed by atoms with Gasteiger partial charge in [0, 0.05) is 29.7 Å². The van der Waals surface area contributed by atoms with Crippen molar-refractivity contribution in [2.75, 3.05) is 21.3 Å². The first-order valence-electron chi connectivity index (χ1n) is 7.18. The van der Waals surface area contributed by atoms with Crippen molar-refractivity contribution in [2.24, 2.45) is 0 Å². The van der Waals surface area contributed by atoms with Crippen LogP contribution in [0.3, 0.4) is 0 Å². The van der Waals surface area contributed by atoms with Crippen molar-refractivity contribution < 1.29 is 14.3 Å². The summed E-state index contributed by atoms with van der Waals surface area (Å²) in [7, 11) is 4.90. The molecule has 122 valence electrons. The maximum absolute atomic E-state index is 12.7. The van der Waals surface area contributed by atoms with Crippen LogP contribution >= 0.6 is 11.6 Å². The quantitative estimate of drug-likeness (QED) is 0.832. The Balaban J connectivity index is 2.25. The summed E-state index contributed by atoms with van der Waals surface area (Å²) in [5.41, 5.74) is 2.36. The molecular weight excluding hydrogens is 314 g/mol. The second kappa shape index (κ2) is 7.38. The van der Waals surface area contributed by atoms with Gasteiger partial charge in [-0.3, -0.25) is 4.79 Å². The predicted octanol–water partition coefficient (Wildman–Crippen LogP) is 3.94. The molecule has 0 aromatic heterocycles. The molecule has 0 N–H and O–H groups in total. The van der Waals surface area contributed by atoms with Crippen LogP contribution in [0.1, 0.15) is 21.5 Å². The molecule has 23 heavy (non-hydrogen) atoms. The van der Waals surface area contributed by atoms with Crippen LogP contribution < -0.4 is 9.47 Å². The van der Waals surface area contributed by atoms with Crippen LogP contribution in [0.15, 0.2) is 36.4 Å². The van der Waals surface area contributed by atoms with Crippen LogP contribution in [0.5, 0.6) is 11.5 Å². The minimum Gasteiger partial charge on any atom is -0.496 e. The summed E-state index contributed by atoms with van der Waals surface area (Å²) in [4.78, 5) is 14.3. The SMILES string of the molecule is COc1cc(C(=O)N(C)Cc2cccc(Cl)c2)cc(OC)c1C. The molecule has 0 heterocycles. The molecule has 0 saturated heterocycles. The predicted molar refractivity (Wildman–Crippen MR) is 91.5 cm³/mol. The Morgan fingerprint density at radius 1 is 1.13 bits per heavy atom. The van der Waals surface area contributed by atoms with Gasteiger partial charge >= 0.3 is 0 Å². The molecule has 2 rings (SSSR count). The molecule has 4 nitrogen and oxygen atoms in total. The number of carbonyl (C=O) groups is 1. The number of carbonyl (C=O) groups excluding carboxylic acids is 1. The topological polar surface area (TPSA) is 38.8 Å². The Hall–Kier alpha value is -2.20. The summed E-state index contributed by atoms with van der Waals surface area (Å²) in [5, 5.41) is 0.655. The van der Waals surface area contributed by atoms with E-state index in [1.54, 1.807) is 38.3 Å². The van der Waals surface area contributed by atoms with E-state index in [1.807, 2.05) is 31.2 Å². The highest BCUT2D eigenvalue weighted by Crippen LogP contribution is 2.30. The Morgan fingerprint density at radius 2 is 1.74 bits per heavy atom. The largest absolute Gasteiger partial charge is 0.496 e. The lowest BCUT2D eigenvalue weighted by Crippen LogP contribution is -2.26. The molecule has 0 aliphatic carbocycles. The van der Waals surface area contributed by atoms with Gasteiger partial charge in [0.1, 0.15) is 11.5 Å². The molecule has 2 aromatic carbocycles. The monoisotopic (exact) mass is 333 g/mol. The number of hydrogen-bond acceptors (Lipinski definition) is 3. The van der Waals surface area contributed by atoms with Crippen LogP contribution in [0.25, 0.3) is 0 Å². The fraction of sp³-hybridized carbons (Fsp3) is 0.278. The summed E-state index contributed by atoms with van der Waals surface area (Å²) < 4.78 is 10.6. The smallest absolute Gasteiger partial charge is 0.254 e. The van der Waals surface area contributed by atoms with Gasteiger partial charge in [0.05, 0.1) is 14.2 Å². The zero-order valence-electron chi connectivity index (χ0n) is 13.7. The van der Waals surface area contributed by atoms with Crippen LogP contribution in [0, 0.1) is 6.92 Å². The molecule has 0 unspecified atom stereocenters. The third-order valence-corrected chi connectivity index (χ3v) is 3.89. The van der Waals surface area contributed by atoms with E-state index in [4.69, 9.17) is 21.1 Å². The molecule has 5 heteroatoms. The lowest BCUT2D eigenvalue weighted by molar-refractivity contribution is 0.0784. The summed E-state index contributed by atoms with van der Waals surface area (Å²) in [6, 6.07) is 10.9. The Labute approximate surface area is 141 Å². The third-order valence-electron chi connectivity index (χ3n) is 3.65. The van der Waals surface area contributed by atoms with Crippen molar-refractivity contribution in [2.45, 2.75) is 13.5 Å². The van der Waals surface area contributed by atoms with Crippen LogP contribution in [-0.2, 0) is 6.54 Å². The summed E-state index contributed by atoms with van der Waals surface area (Å²) >= 11 is 5.98. The summed E-state index contributed by atoms with van der Waals surface area (Å²) in [6.45, 7) is 2.36. The molecule has 0 fully saturated rings. The van der Waals surface area contributed by atoms with Gasteiger partial charge in [-0.05, 0) is 36.8 Å². The van der Waals surface area contributed by atoms with Crippen LogP contribution in [-0.4, -0.2) is 32.1 Å². The van der Waals surface area contributed by atoms with Gasteiger partial charge in [0.2, 0.25) is 0 Å². The molecule has 0 bridgehead atoms. The Kier molecular flexibility index (Phi) is 5.50. The average molecular weight is 334 g/mol. The lowest BCUT2D eigenvalue weighted by Gasteiger charge is -2.19. The van der Waals surface area contributed by atoms with Crippen molar-refractivity contribution in [3.63, 3.8) is 0 Å². The number of nitrogens with zero attached hydrogens (tertiary/aromatic N) is 1. The third kappa shape index (κ3) is 3.96. The van der Waals surface area contributed by atoms with E-state index in [0.29, 0.717) is 28.6 Å².